The maximum atomic E-state index is 12.8. The number of hydrogen-bond acceptors (Lipinski definition) is 6. The monoisotopic (exact) mass is 401 g/mol. The van der Waals surface area contributed by atoms with Gasteiger partial charge >= 0.3 is 5.97 Å². The van der Waals surface area contributed by atoms with Crippen LogP contribution in [0.2, 0.25) is 0 Å². The van der Waals surface area contributed by atoms with E-state index in [4.69, 9.17) is 4.74 Å². The molecule has 0 aromatic carbocycles. The van der Waals surface area contributed by atoms with Crippen molar-refractivity contribution in [3.63, 3.8) is 0 Å². The number of ether oxygens (including phenoxy) is 1. The summed E-state index contributed by atoms with van der Waals surface area (Å²) in [5.74, 6) is -0.460. The van der Waals surface area contributed by atoms with Crippen LogP contribution in [0, 0.1) is 34.5 Å². The zero-order valence-electron chi connectivity index (χ0n) is 17.2. The average molecular weight is 402 g/mol. The summed E-state index contributed by atoms with van der Waals surface area (Å²) in [5.41, 5.74) is -1.88. The summed E-state index contributed by atoms with van der Waals surface area (Å²) in [5, 5.41) is 35.4. The minimum absolute atomic E-state index is 0.0396. The van der Waals surface area contributed by atoms with Crippen LogP contribution in [-0.2, 0) is 9.53 Å². The van der Waals surface area contributed by atoms with E-state index >= 15 is 0 Å². The molecule has 8 atom stereocenters. The van der Waals surface area contributed by atoms with Gasteiger partial charge in [-0.25, -0.2) is 0 Å². The van der Waals surface area contributed by atoms with Crippen molar-refractivity contribution in [3.8, 4) is 0 Å². The molecular formula is C23H31NO5. The molecule has 4 aliphatic carbocycles. The van der Waals surface area contributed by atoms with E-state index in [-0.39, 0.29) is 36.2 Å². The number of aliphatic hydroxyl groups excluding tert-OH is 1. The first-order valence-electron chi connectivity index (χ1n) is 11.1. The maximum Gasteiger partial charge on any atom is 0.309 e. The van der Waals surface area contributed by atoms with Gasteiger partial charge in [0.05, 0.1) is 25.0 Å². The van der Waals surface area contributed by atoms with E-state index in [1.54, 1.807) is 6.08 Å². The normalized spacial score (nSPS) is 54.5. The standard InChI is InChI=1S/C23H31NO5/c1-13-10-24-11-15-5-3-14-4-6-16-17(19(26)29-2)9-21(18(14)16)20(15,12-25)7-8-22(13,27)23(21,24)28/h7-8,13,15-17,25,27-28H,3-6,9-12H2,1-2H3/t13-,15+,16+,17+,20+,21+,22-,23-/m0/s1. The topological polar surface area (TPSA) is 90.2 Å². The second kappa shape index (κ2) is 5.34. The van der Waals surface area contributed by atoms with Gasteiger partial charge in [-0.3, -0.25) is 9.69 Å². The molecule has 2 aliphatic heterocycles. The van der Waals surface area contributed by atoms with Crippen molar-refractivity contribution >= 4 is 5.97 Å². The first kappa shape index (κ1) is 18.6. The lowest BCUT2D eigenvalue weighted by Crippen LogP contribution is -2.79. The van der Waals surface area contributed by atoms with E-state index in [9.17, 15) is 20.1 Å². The third-order valence-electron chi connectivity index (χ3n) is 10.00. The summed E-state index contributed by atoms with van der Waals surface area (Å²) in [6.07, 6.45) is 8.03. The van der Waals surface area contributed by atoms with Gasteiger partial charge in [0.15, 0.2) is 5.72 Å². The Bertz CT molecular complexity index is 867. The van der Waals surface area contributed by atoms with Gasteiger partial charge < -0.3 is 20.1 Å². The lowest BCUT2D eigenvalue weighted by Gasteiger charge is -2.68. The van der Waals surface area contributed by atoms with E-state index in [1.807, 2.05) is 13.0 Å². The van der Waals surface area contributed by atoms with E-state index in [2.05, 4.69) is 4.90 Å². The van der Waals surface area contributed by atoms with E-state index in [0.29, 0.717) is 19.5 Å². The fraction of sp³-hybridized carbons (Fsp3) is 0.783. The Morgan fingerprint density at radius 1 is 1.24 bits per heavy atom. The number of piperidine rings is 1. The highest BCUT2D eigenvalue weighted by atomic mass is 16.5. The number of esters is 1. The number of carbonyl (C=O) groups is 1. The van der Waals surface area contributed by atoms with Gasteiger partial charge in [-0.15, -0.1) is 0 Å². The molecular weight excluding hydrogens is 370 g/mol. The molecule has 3 fully saturated rings. The zero-order valence-corrected chi connectivity index (χ0v) is 17.2. The van der Waals surface area contributed by atoms with Crippen molar-refractivity contribution in [2.45, 2.75) is 50.4 Å². The van der Waals surface area contributed by atoms with Crippen LogP contribution in [-0.4, -0.2) is 64.3 Å². The van der Waals surface area contributed by atoms with Crippen molar-refractivity contribution in [3.05, 3.63) is 23.3 Å². The molecule has 1 saturated carbocycles. The van der Waals surface area contributed by atoms with Crippen molar-refractivity contribution in [2.75, 3.05) is 26.8 Å². The molecule has 158 valence electrons. The second-order valence-corrected chi connectivity index (χ2v) is 10.5. The smallest absolute Gasteiger partial charge is 0.309 e. The predicted octanol–water partition coefficient (Wildman–Crippen LogP) is 1.22. The lowest BCUT2D eigenvalue weighted by atomic mass is 9.43. The fourth-order valence-electron chi connectivity index (χ4n) is 8.87. The average Bonchev–Trinajstić information content (AvgIpc) is 3.32. The first-order chi connectivity index (χ1) is 13.8. The zero-order chi connectivity index (χ0) is 20.4. The molecule has 2 heterocycles. The quantitative estimate of drug-likeness (QED) is 0.476. The van der Waals surface area contributed by atoms with Crippen molar-refractivity contribution in [1.29, 1.82) is 0 Å². The number of allylic oxidation sites excluding steroid dienone is 1. The van der Waals surface area contributed by atoms with Crippen LogP contribution in [0.25, 0.3) is 0 Å². The highest BCUT2D eigenvalue weighted by molar-refractivity contribution is 5.75. The van der Waals surface area contributed by atoms with Gasteiger partial charge in [0, 0.05) is 24.4 Å². The molecule has 2 saturated heterocycles. The Morgan fingerprint density at radius 2 is 2.00 bits per heavy atom. The van der Waals surface area contributed by atoms with Gasteiger partial charge in [-0.05, 0) is 43.9 Å². The Morgan fingerprint density at radius 3 is 2.72 bits per heavy atom. The second-order valence-electron chi connectivity index (χ2n) is 10.5. The van der Waals surface area contributed by atoms with Crippen LogP contribution in [0.4, 0.5) is 0 Å². The van der Waals surface area contributed by atoms with Gasteiger partial charge in [0.2, 0.25) is 0 Å². The highest BCUT2D eigenvalue weighted by Crippen LogP contribution is 2.78. The van der Waals surface area contributed by atoms with Crippen molar-refractivity contribution in [1.82, 2.24) is 4.90 Å². The van der Waals surface area contributed by atoms with E-state index in [0.717, 1.165) is 25.7 Å². The molecule has 6 rings (SSSR count). The molecule has 29 heavy (non-hydrogen) atoms. The molecule has 1 spiro atoms. The third kappa shape index (κ3) is 1.62. The molecule has 6 heteroatoms. The van der Waals surface area contributed by atoms with Crippen LogP contribution in [0.5, 0.6) is 0 Å². The summed E-state index contributed by atoms with van der Waals surface area (Å²) in [6.45, 7) is 3.21. The summed E-state index contributed by atoms with van der Waals surface area (Å²) < 4.78 is 5.19. The van der Waals surface area contributed by atoms with E-state index in [1.165, 1.54) is 18.3 Å². The maximum absolute atomic E-state index is 12.8. The lowest BCUT2D eigenvalue weighted by molar-refractivity contribution is -0.308. The Kier molecular flexibility index (Phi) is 3.41. The molecule has 3 N–H and O–H groups in total. The minimum Gasteiger partial charge on any atom is -0.469 e. The molecule has 0 radical (unpaired) electrons. The SMILES string of the molecule is COC(=O)[C@@H]1C[C@@]23C4=C(CC[C@@H]5CN6C[C@H](C)[C@@](O)(C=C[C@@]52CO)[C@]63O)CC[C@@H]41. The number of aliphatic hydroxyl groups is 3. The van der Waals surface area contributed by atoms with Crippen molar-refractivity contribution < 1.29 is 24.9 Å². The molecule has 0 aromatic rings. The summed E-state index contributed by atoms with van der Waals surface area (Å²) >= 11 is 0. The predicted molar refractivity (Wildman–Crippen MR) is 104 cm³/mol. The molecule has 6 aliphatic rings. The number of carbonyl (C=O) groups excluding carboxylic acids is 1. The van der Waals surface area contributed by atoms with Gasteiger partial charge in [0.25, 0.3) is 0 Å². The van der Waals surface area contributed by atoms with Crippen molar-refractivity contribution in [2.24, 2.45) is 34.5 Å². The Labute approximate surface area is 171 Å². The fourth-order valence-corrected chi connectivity index (χ4v) is 8.87. The highest BCUT2D eigenvalue weighted by Gasteiger charge is 2.84. The summed E-state index contributed by atoms with van der Waals surface area (Å²) in [6, 6.07) is 0. The van der Waals surface area contributed by atoms with Crippen LogP contribution in [0.1, 0.15) is 39.0 Å². The van der Waals surface area contributed by atoms with Crippen LogP contribution >= 0.6 is 0 Å². The number of methoxy groups -OCH3 is 1. The first-order valence-corrected chi connectivity index (χ1v) is 11.1. The molecule has 0 aromatic heterocycles. The van der Waals surface area contributed by atoms with Crippen LogP contribution in [0.15, 0.2) is 23.3 Å². The molecule has 0 unspecified atom stereocenters. The van der Waals surface area contributed by atoms with Crippen LogP contribution < -0.4 is 0 Å². The van der Waals surface area contributed by atoms with Gasteiger partial charge in [0.1, 0.15) is 5.60 Å². The van der Waals surface area contributed by atoms with Gasteiger partial charge in [-0.2, -0.15) is 0 Å². The minimum atomic E-state index is -1.51. The molecule has 6 nitrogen and oxygen atoms in total. The molecule has 4 bridgehead atoms. The summed E-state index contributed by atoms with van der Waals surface area (Å²) in [7, 11) is 1.43. The van der Waals surface area contributed by atoms with Crippen LogP contribution in [0.3, 0.4) is 0 Å². The summed E-state index contributed by atoms with van der Waals surface area (Å²) in [4.78, 5) is 14.9. The molecule has 0 amide bonds. The van der Waals surface area contributed by atoms with Gasteiger partial charge in [-0.1, -0.05) is 30.2 Å². The number of nitrogens with zero attached hydrogens (tertiary/aromatic N) is 1. The number of hydrogen-bond donors (Lipinski definition) is 3. The Balaban J connectivity index is 1.71. The number of rotatable bonds is 2. The largest absolute Gasteiger partial charge is 0.469 e. The third-order valence-corrected chi connectivity index (χ3v) is 10.00. The Hall–Kier alpha value is -1.21. The van der Waals surface area contributed by atoms with E-state index < -0.39 is 22.2 Å².